The average Bonchev–Trinajstić information content (AvgIpc) is 3.04. The van der Waals surface area contributed by atoms with Crippen LogP contribution in [0, 0.1) is 0 Å². The molecule has 2 N–H and O–H groups in total. The molecule has 32 heavy (non-hydrogen) atoms. The van der Waals surface area contributed by atoms with Gasteiger partial charge < -0.3 is 15.4 Å². The number of rotatable bonds is 6. The standard InChI is InChI=1S/C25H21N3O4/c1-28-24(30)21(16-6-4-3-5-7-16)22(25(28)31)26-18-10-8-17(9-11-18)23(29)27-19-12-14-20(32-2)15-13-19/h3-15,26H,1-2H3,(H,27,29). The van der Waals surface area contributed by atoms with Gasteiger partial charge in [0.2, 0.25) is 0 Å². The van der Waals surface area contributed by atoms with E-state index in [1.54, 1.807) is 67.8 Å². The van der Waals surface area contributed by atoms with Gasteiger partial charge >= 0.3 is 0 Å². The first-order valence-electron chi connectivity index (χ1n) is 9.92. The van der Waals surface area contributed by atoms with Gasteiger partial charge in [-0.15, -0.1) is 0 Å². The quantitative estimate of drug-likeness (QED) is 0.585. The molecule has 0 atom stereocenters. The summed E-state index contributed by atoms with van der Waals surface area (Å²) >= 11 is 0. The third kappa shape index (κ3) is 4.09. The number of nitrogens with zero attached hydrogens (tertiary/aromatic N) is 1. The molecular weight excluding hydrogens is 406 g/mol. The summed E-state index contributed by atoms with van der Waals surface area (Å²) in [6.45, 7) is 0. The predicted octanol–water partition coefficient (Wildman–Crippen LogP) is 3.77. The number of ether oxygens (including phenoxy) is 1. The van der Waals surface area contributed by atoms with E-state index >= 15 is 0 Å². The van der Waals surface area contributed by atoms with E-state index in [0.717, 1.165) is 4.90 Å². The number of hydrogen-bond acceptors (Lipinski definition) is 5. The maximum absolute atomic E-state index is 12.6. The zero-order chi connectivity index (χ0) is 22.7. The zero-order valence-electron chi connectivity index (χ0n) is 17.6. The first kappa shape index (κ1) is 20.9. The Morgan fingerprint density at radius 3 is 2.06 bits per heavy atom. The lowest BCUT2D eigenvalue weighted by atomic mass is 10.0. The molecule has 0 fully saturated rings. The van der Waals surface area contributed by atoms with Gasteiger partial charge in [-0.2, -0.15) is 0 Å². The van der Waals surface area contributed by atoms with Crippen LogP contribution in [0.15, 0.2) is 84.6 Å². The lowest BCUT2D eigenvalue weighted by Crippen LogP contribution is -2.27. The summed E-state index contributed by atoms with van der Waals surface area (Å²) in [5.74, 6) is -0.333. The minimum absolute atomic E-state index is 0.208. The maximum atomic E-state index is 12.6. The van der Waals surface area contributed by atoms with Crippen molar-refractivity contribution in [3.63, 3.8) is 0 Å². The number of anilines is 2. The molecule has 0 aliphatic carbocycles. The summed E-state index contributed by atoms with van der Waals surface area (Å²) in [4.78, 5) is 38.9. The minimum atomic E-state index is -0.407. The van der Waals surface area contributed by atoms with Crippen LogP contribution in [0.1, 0.15) is 15.9 Å². The Labute approximate surface area is 185 Å². The molecule has 0 aromatic heterocycles. The molecule has 1 heterocycles. The highest BCUT2D eigenvalue weighted by Crippen LogP contribution is 2.29. The van der Waals surface area contributed by atoms with Gasteiger partial charge in [-0.1, -0.05) is 30.3 Å². The number of nitrogens with one attached hydrogen (secondary N) is 2. The zero-order valence-corrected chi connectivity index (χ0v) is 17.6. The van der Waals surface area contributed by atoms with Crippen molar-refractivity contribution in [3.8, 4) is 5.75 Å². The molecule has 4 rings (SSSR count). The van der Waals surface area contributed by atoms with E-state index in [1.165, 1.54) is 7.05 Å². The molecular formula is C25H21N3O4. The Morgan fingerprint density at radius 2 is 1.44 bits per heavy atom. The van der Waals surface area contributed by atoms with Gasteiger partial charge in [-0.05, 0) is 54.1 Å². The molecule has 0 bridgehead atoms. The summed E-state index contributed by atoms with van der Waals surface area (Å²) in [7, 11) is 3.03. The number of carbonyl (C=O) groups is 3. The summed E-state index contributed by atoms with van der Waals surface area (Å²) in [5.41, 5.74) is 2.88. The Morgan fingerprint density at radius 1 is 0.812 bits per heavy atom. The fourth-order valence-corrected chi connectivity index (χ4v) is 3.36. The van der Waals surface area contributed by atoms with E-state index in [2.05, 4.69) is 10.6 Å². The number of likely N-dealkylation sites (N-methyl/N-ethyl adjacent to an activating group) is 1. The van der Waals surface area contributed by atoms with Gasteiger partial charge in [0.15, 0.2) is 0 Å². The highest BCUT2D eigenvalue weighted by Gasteiger charge is 2.36. The summed E-state index contributed by atoms with van der Waals surface area (Å²) < 4.78 is 5.11. The average molecular weight is 427 g/mol. The van der Waals surface area contributed by atoms with Crippen molar-refractivity contribution in [2.24, 2.45) is 0 Å². The van der Waals surface area contributed by atoms with Crippen molar-refractivity contribution in [2.45, 2.75) is 0 Å². The van der Waals surface area contributed by atoms with Crippen molar-refractivity contribution >= 4 is 34.7 Å². The minimum Gasteiger partial charge on any atom is -0.497 e. The van der Waals surface area contributed by atoms with E-state index in [0.29, 0.717) is 33.8 Å². The second-order valence-electron chi connectivity index (χ2n) is 7.17. The molecule has 0 spiro atoms. The Hall–Kier alpha value is -4.39. The molecule has 7 heteroatoms. The monoisotopic (exact) mass is 427 g/mol. The lowest BCUT2D eigenvalue weighted by Gasteiger charge is -2.10. The third-order valence-electron chi connectivity index (χ3n) is 5.11. The van der Waals surface area contributed by atoms with E-state index in [-0.39, 0.29) is 17.5 Å². The van der Waals surface area contributed by atoms with Crippen LogP contribution in [-0.2, 0) is 9.59 Å². The first-order chi connectivity index (χ1) is 15.5. The fraction of sp³-hybridized carbons (Fsp3) is 0.0800. The molecule has 3 aromatic rings. The smallest absolute Gasteiger partial charge is 0.277 e. The number of amides is 3. The fourth-order valence-electron chi connectivity index (χ4n) is 3.36. The summed E-state index contributed by atoms with van der Waals surface area (Å²) in [5, 5.41) is 5.87. The van der Waals surface area contributed by atoms with Crippen LogP contribution in [0.4, 0.5) is 11.4 Å². The van der Waals surface area contributed by atoms with Crippen LogP contribution in [0.3, 0.4) is 0 Å². The Kier molecular flexibility index (Phi) is 5.72. The highest BCUT2D eigenvalue weighted by molar-refractivity contribution is 6.36. The van der Waals surface area contributed by atoms with Crippen LogP contribution >= 0.6 is 0 Å². The number of benzene rings is 3. The van der Waals surface area contributed by atoms with E-state index < -0.39 is 5.91 Å². The number of hydrogen-bond donors (Lipinski definition) is 2. The van der Waals surface area contributed by atoms with Crippen molar-refractivity contribution in [3.05, 3.63) is 95.7 Å². The maximum Gasteiger partial charge on any atom is 0.277 e. The molecule has 0 radical (unpaired) electrons. The van der Waals surface area contributed by atoms with E-state index in [4.69, 9.17) is 4.74 Å². The molecule has 1 aliphatic heterocycles. The number of imide groups is 1. The largest absolute Gasteiger partial charge is 0.497 e. The van der Waals surface area contributed by atoms with Gasteiger partial charge in [-0.3, -0.25) is 19.3 Å². The normalized spacial score (nSPS) is 13.4. The molecule has 7 nitrogen and oxygen atoms in total. The molecule has 160 valence electrons. The van der Waals surface area contributed by atoms with Gasteiger partial charge in [0, 0.05) is 24.0 Å². The van der Waals surface area contributed by atoms with Crippen LogP contribution in [0.5, 0.6) is 5.75 Å². The molecule has 1 aliphatic rings. The van der Waals surface area contributed by atoms with Crippen LogP contribution < -0.4 is 15.4 Å². The SMILES string of the molecule is COc1ccc(NC(=O)c2ccc(NC3=C(c4ccccc4)C(=O)N(C)C3=O)cc2)cc1. The van der Waals surface area contributed by atoms with Crippen LogP contribution in [0.2, 0.25) is 0 Å². The van der Waals surface area contributed by atoms with E-state index in [1.807, 2.05) is 18.2 Å². The molecule has 0 saturated carbocycles. The second kappa shape index (κ2) is 8.77. The van der Waals surface area contributed by atoms with Crippen LogP contribution in [0.25, 0.3) is 5.57 Å². The van der Waals surface area contributed by atoms with E-state index in [9.17, 15) is 14.4 Å². The topological polar surface area (TPSA) is 87.7 Å². The van der Waals surface area contributed by atoms with Crippen molar-refractivity contribution in [1.82, 2.24) is 4.90 Å². The molecule has 3 amide bonds. The van der Waals surface area contributed by atoms with Gasteiger partial charge in [0.25, 0.3) is 17.7 Å². The van der Waals surface area contributed by atoms with Gasteiger partial charge in [0.1, 0.15) is 11.4 Å². The molecule has 3 aromatic carbocycles. The Balaban J connectivity index is 1.53. The highest BCUT2D eigenvalue weighted by atomic mass is 16.5. The van der Waals surface area contributed by atoms with Crippen LogP contribution in [-0.4, -0.2) is 36.8 Å². The lowest BCUT2D eigenvalue weighted by molar-refractivity contribution is -0.135. The molecule has 0 saturated heterocycles. The number of carbonyl (C=O) groups excluding carboxylic acids is 3. The Bertz CT molecular complexity index is 1200. The first-order valence-corrected chi connectivity index (χ1v) is 9.92. The van der Waals surface area contributed by atoms with Gasteiger partial charge in [-0.25, -0.2) is 0 Å². The van der Waals surface area contributed by atoms with Crippen molar-refractivity contribution in [1.29, 1.82) is 0 Å². The van der Waals surface area contributed by atoms with Gasteiger partial charge in [0.05, 0.1) is 12.7 Å². The van der Waals surface area contributed by atoms with Crippen molar-refractivity contribution in [2.75, 3.05) is 24.8 Å². The number of methoxy groups -OCH3 is 1. The van der Waals surface area contributed by atoms with Crippen molar-refractivity contribution < 1.29 is 19.1 Å². The second-order valence-corrected chi connectivity index (χ2v) is 7.17. The molecule has 0 unspecified atom stereocenters. The predicted molar refractivity (Wildman–Crippen MR) is 122 cm³/mol. The summed E-state index contributed by atoms with van der Waals surface area (Å²) in [6.07, 6.45) is 0. The summed E-state index contributed by atoms with van der Waals surface area (Å²) in [6, 6.07) is 22.7. The third-order valence-corrected chi connectivity index (χ3v) is 5.11.